The molecule has 0 atom stereocenters. The molecule has 1 aromatic carbocycles. The second-order valence-corrected chi connectivity index (χ2v) is 4.63. The lowest BCUT2D eigenvalue weighted by molar-refractivity contribution is 0.454. The van der Waals surface area contributed by atoms with Gasteiger partial charge in [-0.15, -0.1) is 0 Å². The molecule has 2 rings (SSSR count). The Balaban J connectivity index is 2.36. The molecule has 0 amide bonds. The fraction of sp³-hybridized carbons (Fsp3) is 0.375. The van der Waals surface area contributed by atoms with Crippen LogP contribution in [0.3, 0.4) is 0 Å². The molecule has 1 N–H and O–H groups in total. The van der Waals surface area contributed by atoms with Gasteiger partial charge in [0.25, 0.3) is 0 Å². The fourth-order valence-electron chi connectivity index (χ4n) is 1.98. The van der Waals surface area contributed by atoms with Crippen LogP contribution in [-0.4, -0.2) is 17.0 Å². The van der Waals surface area contributed by atoms with E-state index < -0.39 is 0 Å². The van der Waals surface area contributed by atoms with E-state index in [9.17, 15) is 0 Å². The molecule has 4 heteroatoms. The Morgan fingerprint density at radius 2 is 1.95 bits per heavy atom. The van der Waals surface area contributed by atoms with E-state index in [1.54, 1.807) is 0 Å². The van der Waals surface area contributed by atoms with Gasteiger partial charge in [0, 0.05) is 13.5 Å². The summed E-state index contributed by atoms with van der Waals surface area (Å²) < 4.78 is 5.95. The molecule has 0 aliphatic heterocycles. The SMILES string of the molecule is CCc1cccc(Oc2nc(CC)nc(NC)c2C)c1. The van der Waals surface area contributed by atoms with E-state index in [-0.39, 0.29) is 0 Å². The monoisotopic (exact) mass is 271 g/mol. The quantitative estimate of drug-likeness (QED) is 0.899. The number of benzene rings is 1. The molecule has 0 aliphatic rings. The number of anilines is 1. The molecule has 106 valence electrons. The molecule has 0 unspecified atom stereocenters. The lowest BCUT2D eigenvalue weighted by Gasteiger charge is -2.12. The molecular formula is C16H21N3O. The Labute approximate surface area is 120 Å². The summed E-state index contributed by atoms with van der Waals surface area (Å²) in [4.78, 5) is 8.92. The normalized spacial score (nSPS) is 10.4. The second kappa shape index (κ2) is 6.37. The van der Waals surface area contributed by atoms with Crippen molar-refractivity contribution in [1.82, 2.24) is 9.97 Å². The first kappa shape index (κ1) is 14.3. The summed E-state index contributed by atoms with van der Waals surface area (Å²) in [5, 5.41) is 3.09. The first-order valence-electron chi connectivity index (χ1n) is 7.00. The Kier molecular flexibility index (Phi) is 4.56. The van der Waals surface area contributed by atoms with Crippen molar-refractivity contribution in [2.75, 3.05) is 12.4 Å². The third-order valence-corrected chi connectivity index (χ3v) is 3.22. The van der Waals surface area contributed by atoms with Gasteiger partial charge in [-0.3, -0.25) is 0 Å². The highest BCUT2D eigenvalue weighted by molar-refractivity contribution is 5.49. The molecule has 1 aromatic heterocycles. The standard InChI is InChI=1S/C16H21N3O/c1-5-12-8-7-9-13(10-12)20-16-11(3)15(17-4)18-14(6-2)19-16/h7-10H,5-6H2,1-4H3,(H,17,18,19). The fourth-order valence-corrected chi connectivity index (χ4v) is 1.98. The number of rotatable bonds is 5. The molecule has 0 spiro atoms. The summed E-state index contributed by atoms with van der Waals surface area (Å²) in [5.74, 6) is 3.03. The molecule has 0 bridgehead atoms. The topological polar surface area (TPSA) is 47.0 Å². The Morgan fingerprint density at radius 3 is 2.60 bits per heavy atom. The molecule has 0 saturated heterocycles. The molecule has 0 fully saturated rings. The average molecular weight is 271 g/mol. The van der Waals surface area contributed by atoms with Crippen LogP contribution in [0.2, 0.25) is 0 Å². The van der Waals surface area contributed by atoms with Crippen molar-refractivity contribution < 1.29 is 4.74 Å². The van der Waals surface area contributed by atoms with Crippen LogP contribution in [-0.2, 0) is 12.8 Å². The highest BCUT2D eigenvalue weighted by Crippen LogP contribution is 2.27. The van der Waals surface area contributed by atoms with Crippen molar-refractivity contribution in [3.05, 3.63) is 41.2 Å². The third kappa shape index (κ3) is 3.07. The molecular weight excluding hydrogens is 250 g/mol. The van der Waals surface area contributed by atoms with Crippen LogP contribution in [0.4, 0.5) is 5.82 Å². The van der Waals surface area contributed by atoms with Gasteiger partial charge >= 0.3 is 0 Å². The third-order valence-electron chi connectivity index (χ3n) is 3.22. The summed E-state index contributed by atoms with van der Waals surface area (Å²) in [6.07, 6.45) is 1.77. The summed E-state index contributed by atoms with van der Waals surface area (Å²) in [6, 6.07) is 8.10. The minimum atomic E-state index is 0.620. The minimum Gasteiger partial charge on any atom is -0.439 e. The maximum Gasteiger partial charge on any atom is 0.227 e. The number of nitrogens with one attached hydrogen (secondary N) is 1. The second-order valence-electron chi connectivity index (χ2n) is 4.63. The van der Waals surface area contributed by atoms with E-state index in [1.807, 2.05) is 39.1 Å². The lowest BCUT2D eigenvalue weighted by Crippen LogP contribution is -2.04. The summed E-state index contributed by atoms with van der Waals surface area (Å²) >= 11 is 0. The van der Waals surface area contributed by atoms with Crippen molar-refractivity contribution >= 4 is 5.82 Å². The van der Waals surface area contributed by atoms with Gasteiger partial charge in [-0.05, 0) is 31.0 Å². The first-order chi connectivity index (χ1) is 9.67. The van der Waals surface area contributed by atoms with Crippen molar-refractivity contribution in [3.63, 3.8) is 0 Å². The maximum atomic E-state index is 5.95. The molecule has 0 saturated carbocycles. The van der Waals surface area contributed by atoms with Crippen molar-refractivity contribution in [1.29, 1.82) is 0 Å². The molecule has 0 radical (unpaired) electrons. The highest BCUT2D eigenvalue weighted by atomic mass is 16.5. The van der Waals surface area contributed by atoms with Gasteiger partial charge in [0.05, 0.1) is 5.56 Å². The zero-order chi connectivity index (χ0) is 14.5. The largest absolute Gasteiger partial charge is 0.439 e. The van der Waals surface area contributed by atoms with Gasteiger partial charge in [-0.2, -0.15) is 4.98 Å². The van der Waals surface area contributed by atoms with Gasteiger partial charge in [-0.1, -0.05) is 26.0 Å². The van der Waals surface area contributed by atoms with Gasteiger partial charge in [0.1, 0.15) is 17.4 Å². The van der Waals surface area contributed by atoms with Crippen molar-refractivity contribution in [3.8, 4) is 11.6 Å². The van der Waals surface area contributed by atoms with Gasteiger partial charge in [0.2, 0.25) is 5.88 Å². The minimum absolute atomic E-state index is 0.620. The van der Waals surface area contributed by atoms with Crippen LogP contribution < -0.4 is 10.1 Å². The van der Waals surface area contributed by atoms with Crippen LogP contribution in [0.1, 0.15) is 30.8 Å². The lowest BCUT2D eigenvalue weighted by atomic mass is 10.2. The smallest absolute Gasteiger partial charge is 0.227 e. The Bertz CT molecular complexity index is 596. The van der Waals surface area contributed by atoms with Crippen LogP contribution in [0, 0.1) is 6.92 Å². The van der Waals surface area contributed by atoms with E-state index >= 15 is 0 Å². The molecule has 2 aromatic rings. The summed E-state index contributed by atoms with van der Waals surface area (Å²) in [6.45, 7) is 6.12. The van der Waals surface area contributed by atoms with Gasteiger partial charge < -0.3 is 10.1 Å². The summed E-state index contributed by atoms with van der Waals surface area (Å²) in [7, 11) is 1.86. The number of hydrogen-bond donors (Lipinski definition) is 1. The average Bonchev–Trinajstić information content (AvgIpc) is 2.49. The molecule has 20 heavy (non-hydrogen) atoms. The Morgan fingerprint density at radius 1 is 1.15 bits per heavy atom. The van der Waals surface area contributed by atoms with E-state index in [2.05, 4.69) is 28.3 Å². The van der Waals surface area contributed by atoms with Gasteiger partial charge in [-0.25, -0.2) is 4.98 Å². The van der Waals surface area contributed by atoms with Gasteiger partial charge in [0.15, 0.2) is 0 Å². The number of ether oxygens (including phenoxy) is 1. The van der Waals surface area contributed by atoms with E-state index in [1.165, 1.54) is 5.56 Å². The van der Waals surface area contributed by atoms with Crippen molar-refractivity contribution in [2.45, 2.75) is 33.6 Å². The zero-order valence-electron chi connectivity index (χ0n) is 12.5. The number of aryl methyl sites for hydroxylation is 2. The van der Waals surface area contributed by atoms with Crippen LogP contribution in [0.25, 0.3) is 0 Å². The predicted octanol–water partition coefficient (Wildman–Crippen LogP) is 3.74. The van der Waals surface area contributed by atoms with E-state index in [4.69, 9.17) is 4.74 Å². The number of nitrogens with zero attached hydrogens (tertiary/aromatic N) is 2. The number of aromatic nitrogens is 2. The van der Waals surface area contributed by atoms with E-state index in [0.717, 1.165) is 35.8 Å². The van der Waals surface area contributed by atoms with E-state index in [0.29, 0.717) is 5.88 Å². The van der Waals surface area contributed by atoms with Crippen LogP contribution >= 0.6 is 0 Å². The van der Waals surface area contributed by atoms with Crippen molar-refractivity contribution in [2.24, 2.45) is 0 Å². The molecule has 0 aliphatic carbocycles. The van der Waals surface area contributed by atoms with Crippen LogP contribution in [0.15, 0.2) is 24.3 Å². The first-order valence-corrected chi connectivity index (χ1v) is 7.00. The van der Waals surface area contributed by atoms with Crippen LogP contribution in [0.5, 0.6) is 11.6 Å². The number of hydrogen-bond acceptors (Lipinski definition) is 4. The summed E-state index contributed by atoms with van der Waals surface area (Å²) in [5.41, 5.74) is 2.17. The Hall–Kier alpha value is -2.10. The molecule has 1 heterocycles. The zero-order valence-corrected chi connectivity index (χ0v) is 12.5. The predicted molar refractivity (Wildman–Crippen MR) is 81.6 cm³/mol. The molecule has 4 nitrogen and oxygen atoms in total. The maximum absolute atomic E-state index is 5.95. The highest BCUT2D eigenvalue weighted by Gasteiger charge is 2.11.